The third kappa shape index (κ3) is 2.75. The second-order valence-electron chi connectivity index (χ2n) is 7.02. The SMILES string of the molecule is CC1CCC(C(O)C2CCCCC2)(N(C)C)CC1. The van der Waals surface area contributed by atoms with Gasteiger partial charge in [-0.25, -0.2) is 0 Å². The fourth-order valence-electron chi connectivity index (χ4n) is 4.16. The third-order valence-corrected chi connectivity index (χ3v) is 5.68. The Kier molecular flexibility index (Phi) is 4.71. The number of aliphatic hydroxyl groups is 1. The standard InChI is InChI=1S/C16H31NO/c1-13-9-11-16(12-10-13,17(2)3)15(18)14-7-5-4-6-8-14/h13-15,18H,4-12H2,1-3H3. The highest BCUT2D eigenvalue weighted by atomic mass is 16.3. The molecule has 1 unspecified atom stereocenters. The Balaban J connectivity index is 2.08. The Labute approximate surface area is 113 Å². The predicted molar refractivity (Wildman–Crippen MR) is 76.6 cm³/mol. The van der Waals surface area contributed by atoms with E-state index in [4.69, 9.17) is 0 Å². The summed E-state index contributed by atoms with van der Waals surface area (Å²) in [5, 5.41) is 11.0. The fraction of sp³-hybridized carbons (Fsp3) is 1.00. The normalized spacial score (nSPS) is 36.8. The highest BCUT2D eigenvalue weighted by Crippen LogP contribution is 2.42. The number of aliphatic hydroxyl groups excluding tert-OH is 1. The number of hydrogen-bond donors (Lipinski definition) is 1. The zero-order valence-electron chi connectivity index (χ0n) is 12.5. The highest BCUT2D eigenvalue weighted by molar-refractivity contribution is 5.00. The van der Waals surface area contributed by atoms with E-state index in [0.717, 1.165) is 5.92 Å². The van der Waals surface area contributed by atoms with Crippen molar-refractivity contribution in [1.82, 2.24) is 4.90 Å². The van der Waals surface area contributed by atoms with Crippen LogP contribution in [-0.2, 0) is 0 Å². The molecule has 106 valence electrons. The quantitative estimate of drug-likeness (QED) is 0.833. The van der Waals surface area contributed by atoms with E-state index in [1.165, 1.54) is 57.8 Å². The van der Waals surface area contributed by atoms with E-state index in [1.807, 2.05) is 0 Å². The van der Waals surface area contributed by atoms with Gasteiger partial charge >= 0.3 is 0 Å². The average molecular weight is 253 g/mol. The fourth-order valence-corrected chi connectivity index (χ4v) is 4.16. The molecule has 1 atom stereocenters. The zero-order valence-corrected chi connectivity index (χ0v) is 12.5. The molecule has 2 saturated carbocycles. The molecule has 2 fully saturated rings. The molecule has 0 amide bonds. The third-order valence-electron chi connectivity index (χ3n) is 5.68. The van der Waals surface area contributed by atoms with Gasteiger partial charge in [-0.3, -0.25) is 0 Å². The van der Waals surface area contributed by atoms with Gasteiger partial charge < -0.3 is 10.0 Å². The smallest absolute Gasteiger partial charge is 0.0751 e. The summed E-state index contributed by atoms with van der Waals surface area (Å²) in [4.78, 5) is 2.33. The molecule has 1 N–H and O–H groups in total. The topological polar surface area (TPSA) is 23.5 Å². The van der Waals surface area contributed by atoms with E-state index in [1.54, 1.807) is 0 Å². The summed E-state index contributed by atoms with van der Waals surface area (Å²) in [5.74, 6) is 1.39. The van der Waals surface area contributed by atoms with E-state index >= 15 is 0 Å². The first-order valence-corrected chi connectivity index (χ1v) is 7.92. The molecule has 2 aliphatic carbocycles. The van der Waals surface area contributed by atoms with Crippen molar-refractivity contribution in [3.63, 3.8) is 0 Å². The minimum atomic E-state index is -0.111. The first kappa shape index (κ1) is 14.3. The van der Waals surface area contributed by atoms with Crippen LogP contribution >= 0.6 is 0 Å². The summed E-state index contributed by atoms with van der Waals surface area (Å²) >= 11 is 0. The molecule has 2 rings (SSSR count). The Morgan fingerprint density at radius 3 is 2.06 bits per heavy atom. The zero-order chi connectivity index (χ0) is 13.2. The van der Waals surface area contributed by atoms with Crippen LogP contribution in [0.1, 0.15) is 64.7 Å². The summed E-state index contributed by atoms with van der Waals surface area (Å²) in [5.41, 5.74) is 0.0640. The van der Waals surface area contributed by atoms with Crippen LogP contribution < -0.4 is 0 Å². The van der Waals surface area contributed by atoms with Crippen molar-refractivity contribution in [3.05, 3.63) is 0 Å². The summed E-state index contributed by atoms with van der Waals surface area (Å²) in [6, 6.07) is 0. The lowest BCUT2D eigenvalue weighted by Gasteiger charge is -2.50. The molecule has 2 aliphatic rings. The second kappa shape index (κ2) is 5.92. The van der Waals surface area contributed by atoms with Crippen molar-refractivity contribution in [2.24, 2.45) is 11.8 Å². The molecule has 0 saturated heterocycles. The van der Waals surface area contributed by atoms with Gasteiger partial charge in [-0.1, -0.05) is 26.2 Å². The molecule has 0 aromatic carbocycles. The molecule has 0 spiro atoms. The molecule has 0 aromatic rings. The van der Waals surface area contributed by atoms with Crippen LogP contribution in [0.2, 0.25) is 0 Å². The molecule has 0 radical (unpaired) electrons. The first-order chi connectivity index (χ1) is 8.56. The van der Waals surface area contributed by atoms with Crippen molar-refractivity contribution in [3.8, 4) is 0 Å². The molecule has 0 aliphatic heterocycles. The minimum Gasteiger partial charge on any atom is -0.391 e. The molecular weight excluding hydrogens is 222 g/mol. The van der Waals surface area contributed by atoms with E-state index < -0.39 is 0 Å². The van der Waals surface area contributed by atoms with Gasteiger partial charge in [0.15, 0.2) is 0 Å². The molecular formula is C16H31NO. The summed E-state index contributed by atoms with van der Waals surface area (Å²) in [7, 11) is 4.34. The van der Waals surface area contributed by atoms with Crippen LogP contribution in [0.25, 0.3) is 0 Å². The van der Waals surface area contributed by atoms with E-state index in [0.29, 0.717) is 5.92 Å². The van der Waals surface area contributed by atoms with Crippen molar-refractivity contribution in [1.29, 1.82) is 0 Å². The maximum absolute atomic E-state index is 11.0. The molecule has 0 heterocycles. The van der Waals surface area contributed by atoms with Gasteiger partial charge in [0.05, 0.1) is 6.10 Å². The van der Waals surface area contributed by atoms with Gasteiger partial charge in [0.2, 0.25) is 0 Å². The van der Waals surface area contributed by atoms with Gasteiger partial charge in [-0.2, -0.15) is 0 Å². The van der Waals surface area contributed by atoms with Crippen molar-refractivity contribution >= 4 is 0 Å². The lowest BCUT2D eigenvalue weighted by Crippen LogP contribution is -2.58. The van der Waals surface area contributed by atoms with Gasteiger partial charge in [0.25, 0.3) is 0 Å². The van der Waals surface area contributed by atoms with Gasteiger partial charge in [-0.05, 0) is 64.5 Å². The Bertz CT molecular complexity index is 250. The number of nitrogens with zero attached hydrogens (tertiary/aromatic N) is 1. The lowest BCUT2D eigenvalue weighted by molar-refractivity contribution is -0.0748. The van der Waals surface area contributed by atoms with Crippen LogP contribution in [0.4, 0.5) is 0 Å². The summed E-state index contributed by atoms with van der Waals surface area (Å²) in [6.07, 6.45) is 11.3. The molecule has 2 heteroatoms. The molecule has 18 heavy (non-hydrogen) atoms. The van der Waals surface area contributed by atoms with E-state index in [-0.39, 0.29) is 11.6 Å². The highest BCUT2D eigenvalue weighted by Gasteiger charge is 2.45. The summed E-state index contributed by atoms with van der Waals surface area (Å²) < 4.78 is 0. The van der Waals surface area contributed by atoms with Gasteiger partial charge in [-0.15, -0.1) is 0 Å². The molecule has 0 bridgehead atoms. The van der Waals surface area contributed by atoms with Crippen LogP contribution in [0.5, 0.6) is 0 Å². The number of likely N-dealkylation sites (N-methyl/N-ethyl adjacent to an activating group) is 1. The molecule has 2 nitrogen and oxygen atoms in total. The van der Waals surface area contributed by atoms with Crippen LogP contribution in [0, 0.1) is 11.8 Å². The van der Waals surface area contributed by atoms with Crippen LogP contribution in [0.15, 0.2) is 0 Å². The average Bonchev–Trinajstić information content (AvgIpc) is 2.40. The number of hydrogen-bond acceptors (Lipinski definition) is 2. The van der Waals surface area contributed by atoms with Crippen molar-refractivity contribution in [2.45, 2.75) is 76.4 Å². The van der Waals surface area contributed by atoms with Crippen LogP contribution in [0.3, 0.4) is 0 Å². The van der Waals surface area contributed by atoms with Crippen molar-refractivity contribution < 1.29 is 5.11 Å². The molecule has 0 aromatic heterocycles. The van der Waals surface area contributed by atoms with Gasteiger partial charge in [0, 0.05) is 5.54 Å². The minimum absolute atomic E-state index is 0.0640. The van der Waals surface area contributed by atoms with Crippen molar-refractivity contribution in [2.75, 3.05) is 14.1 Å². The van der Waals surface area contributed by atoms with E-state index in [2.05, 4.69) is 25.9 Å². The first-order valence-electron chi connectivity index (χ1n) is 7.92. The van der Waals surface area contributed by atoms with E-state index in [9.17, 15) is 5.11 Å². The largest absolute Gasteiger partial charge is 0.391 e. The monoisotopic (exact) mass is 253 g/mol. The summed E-state index contributed by atoms with van der Waals surface area (Å²) in [6.45, 7) is 2.35. The van der Waals surface area contributed by atoms with Crippen LogP contribution in [-0.4, -0.2) is 35.7 Å². The maximum Gasteiger partial charge on any atom is 0.0751 e. The number of rotatable bonds is 3. The second-order valence-corrected chi connectivity index (χ2v) is 7.02. The Morgan fingerprint density at radius 2 is 1.56 bits per heavy atom. The van der Waals surface area contributed by atoms with Gasteiger partial charge in [0.1, 0.15) is 0 Å². The lowest BCUT2D eigenvalue weighted by atomic mass is 9.67. The Morgan fingerprint density at radius 1 is 1.00 bits per heavy atom. The predicted octanol–water partition coefficient (Wildman–Crippen LogP) is 3.44. The Hall–Kier alpha value is -0.0800. The maximum atomic E-state index is 11.0.